The number of nitrogens with one attached hydrogen (secondary N) is 1. The van der Waals surface area contributed by atoms with E-state index in [4.69, 9.17) is 0 Å². The van der Waals surface area contributed by atoms with Crippen molar-refractivity contribution in [3.05, 3.63) is 82.0 Å². The highest BCUT2D eigenvalue weighted by Gasteiger charge is 2.21. The van der Waals surface area contributed by atoms with Crippen molar-refractivity contribution < 1.29 is 4.79 Å². The Bertz CT molecular complexity index is 1150. The largest absolute Gasteiger partial charge is 0.301 e. The van der Waals surface area contributed by atoms with Gasteiger partial charge in [0, 0.05) is 10.9 Å². The second-order valence-electron chi connectivity index (χ2n) is 6.09. The predicted molar refractivity (Wildman–Crippen MR) is 111 cm³/mol. The minimum Gasteiger partial charge on any atom is -0.301 e. The number of aromatic nitrogens is 2. The van der Waals surface area contributed by atoms with Gasteiger partial charge >= 0.3 is 0 Å². The molecule has 2 heterocycles. The van der Waals surface area contributed by atoms with Gasteiger partial charge in [0.05, 0.1) is 10.6 Å². The third kappa shape index (κ3) is 3.59. The molecule has 0 aliphatic carbocycles. The molecule has 4 rings (SSSR count). The van der Waals surface area contributed by atoms with Crippen LogP contribution in [0.2, 0.25) is 0 Å². The van der Waals surface area contributed by atoms with Crippen LogP contribution in [0.25, 0.3) is 21.3 Å². The second-order valence-corrected chi connectivity index (χ2v) is 8.04. The molecule has 0 saturated heterocycles. The molecule has 2 aromatic carbocycles. The topological polar surface area (TPSA) is 62.8 Å². The Morgan fingerprint density at radius 3 is 2.41 bits per heavy atom. The van der Waals surface area contributed by atoms with Crippen LogP contribution in [0, 0.1) is 0 Å². The Morgan fingerprint density at radius 1 is 1.07 bits per heavy atom. The third-order valence-electron chi connectivity index (χ3n) is 4.21. The zero-order chi connectivity index (χ0) is 18.8. The van der Waals surface area contributed by atoms with Crippen LogP contribution in [-0.2, 0) is 4.79 Å². The van der Waals surface area contributed by atoms with Gasteiger partial charge in [-0.1, -0.05) is 72.4 Å². The average molecular weight is 393 g/mol. The first kappa shape index (κ1) is 17.7. The first-order valence-corrected chi connectivity index (χ1v) is 10.2. The predicted octanol–water partition coefficient (Wildman–Crippen LogP) is 5.07. The molecule has 4 aromatic rings. The van der Waals surface area contributed by atoms with Crippen LogP contribution in [0.15, 0.2) is 76.0 Å². The van der Waals surface area contributed by atoms with Crippen LogP contribution in [0.1, 0.15) is 17.7 Å². The van der Waals surface area contributed by atoms with Gasteiger partial charge in [-0.25, -0.2) is 4.98 Å². The Labute approximate surface area is 164 Å². The normalized spacial score (nSPS) is 12.2. The summed E-state index contributed by atoms with van der Waals surface area (Å²) in [6.07, 6.45) is 0. The molecule has 1 atom stereocenters. The van der Waals surface area contributed by atoms with Crippen LogP contribution in [0.5, 0.6) is 0 Å². The number of carbonyl (C=O) groups excluding carboxylic acids is 1. The highest BCUT2D eigenvalue weighted by Crippen LogP contribution is 2.36. The number of nitrogens with zero attached hydrogens (tertiary/aromatic N) is 1. The van der Waals surface area contributed by atoms with Crippen molar-refractivity contribution in [2.75, 3.05) is 0 Å². The van der Waals surface area contributed by atoms with Crippen molar-refractivity contribution in [2.24, 2.45) is 0 Å². The van der Waals surface area contributed by atoms with E-state index in [1.807, 2.05) is 66.0 Å². The number of H-pyrrole nitrogens is 1. The maximum atomic E-state index is 12.8. The summed E-state index contributed by atoms with van der Waals surface area (Å²) in [5, 5.41) is 2.60. The molecule has 134 valence electrons. The van der Waals surface area contributed by atoms with Gasteiger partial charge in [0.2, 0.25) is 0 Å². The number of benzene rings is 2. The molecular weight excluding hydrogens is 376 g/mol. The summed E-state index contributed by atoms with van der Waals surface area (Å²) in [7, 11) is 0. The summed E-state index contributed by atoms with van der Waals surface area (Å²) >= 11 is 2.71. The highest BCUT2D eigenvalue weighted by molar-refractivity contribution is 8.00. The summed E-state index contributed by atoms with van der Waals surface area (Å²) in [6.45, 7) is 1.56. The Balaban J connectivity index is 1.74. The number of Topliss-reactive ketones (excluding diaryl/α,β-unsaturated/α-hetero) is 1. The van der Waals surface area contributed by atoms with Gasteiger partial charge in [-0.2, -0.15) is 0 Å². The molecule has 4 nitrogen and oxygen atoms in total. The van der Waals surface area contributed by atoms with E-state index in [1.54, 1.807) is 6.92 Å². The lowest BCUT2D eigenvalue weighted by Crippen LogP contribution is -2.11. The van der Waals surface area contributed by atoms with Crippen LogP contribution in [0.4, 0.5) is 0 Å². The SMILES string of the molecule is CC(=O)C(Sc1nc2scc(-c3ccccc3)c2c(=O)[nH]1)c1ccccc1. The number of hydrogen-bond acceptors (Lipinski definition) is 5. The molecule has 0 aliphatic heterocycles. The summed E-state index contributed by atoms with van der Waals surface area (Å²) in [4.78, 5) is 33.0. The Hall–Kier alpha value is -2.70. The number of thioether (sulfide) groups is 1. The van der Waals surface area contributed by atoms with Gasteiger partial charge in [0.25, 0.3) is 5.56 Å². The highest BCUT2D eigenvalue weighted by atomic mass is 32.2. The number of fused-ring (bicyclic) bond motifs is 1. The van der Waals surface area contributed by atoms with Crippen molar-refractivity contribution in [3.8, 4) is 11.1 Å². The quantitative estimate of drug-likeness (QED) is 0.380. The number of carbonyl (C=O) groups is 1. The molecular formula is C21H16N2O2S2. The van der Waals surface area contributed by atoms with E-state index in [9.17, 15) is 9.59 Å². The average Bonchev–Trinajstić information content (AvgIpc) is 3.12. The van der Waals surface area contributed by atoms with Crippen LogP contribution in [-0.4, -0.2) is 15.8 Å². The van der Waals surface area contributed by atoms with Gasteiger partial charge < -0.3 is 4.98 Å². The number of aromatic amines is 1. The van der Waals surface area contributed by atoms with E-state index in [1.165, 1.54) is 23.1 Å². The van der Waals surface area contributed by atoms with Gasteiger partial charge in [-0.15, -0.1) is 11.3 Å². The molecule has 6 heteroatoms. The molecule has 1 N–H and O–H groups in total. The first-order chi connectivity index (χ1) is 13.1. The van der Waals surface area contributed by atoms with Gasteiger partial charge in [-0.05, 0) is 18.1 Å². The fourth-order valence-electron chi connectivity index (χ4n) is 2.94. The fraction of sp³-hybridized carbons (Fsp3) is 0.0952. The minimum atomic E-state index is -0.402. The molecule has 2 aromatic heterocycles. The number of hydrogen-bond donors (Lipinski definition) is 1. The number of thiophene rings is 1. The summed E-state index contributed by atoms with van der Waals surface area (Å²) in [5.74, 6) is 0.0186. The number of rotatable bonds is 5. The van der Waals surface area contributed by atoms with Gasteiger partial charge in [0.15, 0.2) is 5.16 Å². The van der Waals surface area contributed by atoms with E-state index >= 15 is 0 Å². The maximum Gasteiger partial charge on any atom is 0.260 e. The van der Waals surface area contributed by atoms with Crippen molar-refractivity contribution in [1.82, 2.24) is 9.97 Å². The van der Waals surface area contributed by atoms with E-state index in [2.05, 4.69) is 9.97 Å². The zero-order valence-electron chi connectivity index (χ0n) is 14.5. The molecule has 27 heavy (non-hydrogen) atoms. The molecule has 0 amide bonds. The molecule has 0 radical (unpaired) electrons. The summed E-state index contributed by atoms with van der Waals surface area (Å²) in [6, 6.07) is 19.3. The van der Waals surface area contributed by atoms with Crippen molar-refractivity contribution >= 4 is 39.1 Å². The number of ketones is 1. The van der Waals surface area contributed by atoms with E-state index in [0.29, 0.717) is 15.4 Å². The Morgan fingerprint density at radius 2 is 1.74 bits per heavy atom. The van der Waals surface area contributed by atoms with E-state index in [0.717, 1.165) is 16.7 Å². The lowest BCUT2D eigenvalue weighted by Gasteiger charge is -2.13. The standard InChI is InChI=1S/C21H16N2O2S2/c1-13(24)18(15-10-6-3-7-11-15)27-21-22-19(25)17-16(12-26-20(17)23-21)14-8-4-2-5-9-14/h2-12,18H,1H3,(H,22,23,25). The van der Waals surface area contributed by atoms with Crippen molar-refractivity contribution in [2.45, 2.75) is 17.3 Å². The first-order valence-electron chi connectivity index (χ1n) is 8.42. The lowest BCUT2D eigenvalue weighted by molar-refractivity contribution is -0.116. The molecule has 0 bridgehead atoms. The second kappa shape index (κ2) is 7.50. The van der Waals surface area contributed by atoms with Crippen molar-refractivity contribution in [1.29, 1.82) is 0 Å². The van der Waals surface area contributed by atoms with Crippen LogP contribution >= 0.6 is 23.1 Å². The fourth-order valence-corrected chi connectivity index (χ4v) is 4.92. The molecule has 0 fully saturated rings. The third-order valence-corrected chi connectivity index (χ3v) is 6.34. The molecule has 0 aliphatic rings. The molecule has 0 spiro atoms. The lowest BCUT2D eigenvalue weighted by atomic mass is 10.1. The minimum absolute atomic E-state index is 0.0186. The zero-order valence-corrected chi connectivity index (χ0v) is 16.1. The van der Waals surface area contributed by atoms with Gasteiger partial charge in [0.1, 0.15) is 10.6 Å². The monoisotopic (exact) mass is 392 g/mol. The summed E-state index contributed by atoms with van der Waals surface area (Å²) < 4.78 is 0. The van der Waals surface area contributed by atoms with Gasteiger partial charge in [-0.3, -0.25) is 9.59 Å². The van der Waals surface area contributed by atoms with E-state index < -0.39 is 5.25 Å². The van der Waals surface area contributed by atoms with Crippen LogP contribution < -0.4 is 5.56 Å². The molecule has 1 unspecified atom stereocenters. The van der Waals surface area contributed by atoms with Crippen LogP contribution in [0.3, 0.4) is 0 Å². The smallest absolute Gasteiger partial charge is 0.260 e. The summed E-state index contributed by atoms with van der Waals surface area (Å²) in [5.41, 5.74) is 2.58. The molecule has 0 saturated carbocycles. The Kier molecular flexibility index (Phi) is 4.92. The van der Waals surface area contributed by atoms with E-state index in [-0.39, 0.29) is 11.3 Å². The van der Waals surface area contributed by atoms with Crippen molar-refractivity contribution in [3.63, 3.8) is 0 Å². The maximum absolute atomic E-state index is 12.8.